The molecule has 0 fully saturated rings. The molecule has 0 spiro atoms. The average Bonchev–Trinajstić information content (AvgIpc) is 2.79. The first kappa shape index (κ1) is 27.2. The average molecular weight is 433 g/mol. The molecule has 0 heterocycles. The molecule has 176 valence electrons. The Morgan fingerprint density at radius 3 is 2.03 bits per heavy atom. The molecule has 1 rings (SSSR count). The molecule has 0 aromatic heterocycles. The Morgan fingerprint density at radius 1 is 0.806 bits per heavy atom. The lowest BCUT2D eigenvalue weighted by Crippen LogP contribution is -2.10. The van der Waals surface area contributed by atoms with Crippen molar-refractivity contribution in [3.63, 3.8) is 0 Å². The van der Waals surface area contributed by atoms with E-state index in [4.69, 9.17) is 14.6 Å². The maximum atomic E-state index is 12.2. The van der Waals surface area contributed by atoms with Gasteiger partial charge in [-0.25, -0.2) is 4.79 Å². The van der Waals surface area contributed by atoms with Crippen LogP contribution in [0.4, 0.5) is 0 Å². The molecule has 0 saturated carbocycles. The number of aliphatic hydroxyl groups is 1. The zero-order valence-corrected chi connectivity index (χ0v) is 19.7. The minimum Gasteiger partial charge on any atom is -0.490 e. The molecule has 0 radical (unpaired) electrons. The van der Waals surface area contributed by atoms with Crippen molar-refractivity contribution in [1.29, 1.82) is 0 Å². The summed E-state index contributed by atoms with van der Waals surface area (Å²) < 4.78 is 10.8. The minimum atomic E-state index is -0.360. The van der Waals surface area contributed by atoms with E-state index in [0.29, 0.717) is 17.9 Å². The van der Waals surface area contributed by atoms with Crippen molar-refractivity contribution in [2.24, 2.45) is 0 Å². The van der Waals surface area contributed by atoms with Crippen LogP contribution in [0.3, 0.4) is 0 Å². The number of carbonyl (C=O) groups excluding carboxylic acids is 1. The Hall–Kier alpha value is -1.81. The number of para-hydroxylation sites is 1. The van der Waals surface area contributed by atoms with Crippen LogP contribution in [0, 0.1) is 0 Å². The Bertz CT molecular complexity index is 582. The van der Waals surface area contributed by atoms with Gasteiger partial charge in [0.1, 0.15) is 17.9 Å². The summed E-state index contributed by atoms with van der Waals surface area (Å²) in [5.74, 6) is 0.101. The van der Waals surface area contributed by atoms with Gasteiger partial charge in [0.05, 0.1) is 13.2 Å². The number of rotatable bonds is 20. The lowest BCUT2D eigenvalue weighted by atomic mass is 10.1. The van der Waals surface area contributed by atoms with Crippen LogP contribution in [-0.2, 0) is 4.74 Å². The van der Waals surface area contributed by atoms with E-state index in [9.17, 15) is 4.79 Å². The van der Waals surface area contributed by atoms with E-state index >= 15 is 0 Å². The van der Waals surface area contributed by atoms with Crippen molar-refractivity contribution in [2.75, 3.05) is 19.8 Å². The van der Waals surface area contributed by atoms with E-state index in [-0.39, 0.29) is 19.2 Å². The topological polar surface area (TPSA) is 55.8 Å². The van der Waals surface area contributed by atoms with E-state index in [0.717, 1.165) is 12.8 Å². The minimum absolute atomic E-state index is 0.0845. The highest BCUT2D eigenvalue weighted by Gasteiger charge is 2.13. The number of hydrogen-bond acceptors (Lipinski definition) is 4. The fourth-order valence-corrected chi connectivity index (χ4v) is 3.51. The van der Waals surface area contributed by atoms with Crippen LogP contribution in [0.2, 0.25) is 0 Å². The molecule has 1 aromatic carbocycles. The zero-order valence-electron chi connectivity index (χ0n) is 19.7. The van der Waals surface area contributed by atoms with Crippen LogP contribution in [-0.4, -0.2) is 30.9 Å². The smallest absolute Gasteiger partial charge is 0.341 e. The van der Waals surface area contributed by atoms with Gasteiger partial charge in [0.15, 0.2) is 0 Å². The Balaban J connectivity index is 1.95. The second kappa shape index (κ2) is 20.1. The second-order valence-electron chi connectivity index (χ2n) is 8.14. The van der Waals surface area contributed by atoms with E-state index in [1.165, 1.54) is 77.0 Å². The number of hydrogen-bond donors (Lipinski definition) is 1. The molecule has 0 bridgehead atoms. The normalized spacial score (nSPS) is 11.2. The van der Waals surface area contributed by atoms with Crippen molar-refractivity contribution in [1.82, 2.24) is 0 Å². The molecule has 0 saturated heterocycles. The third kappa shape index (κ3) is 14.8. The van der Waals surface area contributed by atoms with Gasteiger partial charge in [-0.3, -0.25) is 0 Å². The molecule has 0 aliphatic rings. The predicted molar refractivity (Wildman–Crippen MR) is 129 cm³/mol. The first-order valence-electron chi connectivity index (χ1n) is 12.4. The molecule has 0 unspecified atom stereocenters. The number of ether oxygens (including phenoxy) is 2. The lowest BCUT2D eigenvalue weighted by molar-refractivity contribution is 0.0492. The Morgan fingerprint density at radius 2 is 1.39 bits per heavy atom. The van der Waals surface area contributed by atoms with Gasteiger partial charge in [0, 0.05) is 0 Å². The van der Waals surface area contributed by atoms with Crippen LogP contribution < -0.4 is 4.74 Å². The van der Waals surface area contributed by atoms with Gasteiger partial charge in [-0.05, 0) is 44.2 Å². The molecule has 0 atom stereocenters. The summed E-state index contributed by atoms with van der Waals surface area (Å²) >= 11 is 0. The molecular formula is C27H44O4. The number of aliphatic hydroxyl groups excluding tert-OH is 1. The molecule has 4 heteroatoms. The molecule has 4 nitrogen and oxygen atoms in total. The predicted octanol–water partition coefficient (Wildman–Crippen LogP) is 7.25. The summed E-state index contributed by atoms with van der Waals surface area (Å²) in [6.07, 6.45) is 22.3. The molecule has 1 N–H and O–H groups in total. The van der Waals surface area contributed by atoms with E-state index in [1.54, 1.807) is 24.3 Å². The van der Waals surface area contributed by atoms with Crippen LogP contribution in [0.25, 0.3) is 0 Å². The second-order valence-corrected chi connectivity index (χ2v) is 8.14. The summed E-state index contributed by atoms with van der Waals surface area (Å²) in [5.41, 5.74) is 0.417. The highest BCUT2D eigenvalue weighted by Crippen LogP contribution is 2.19. The van der Waals surface area contributed by atoms with Gasteiger partial charge >= 0.3 is 5.97 Å². The Labute approximate surface area is 190 Å². The number of allylic oxidation sites excluding steroid dienone is 2. The molecule has 31 heavy (non-hydrogen) atoms. The number of benzene rings is 1. The monoisotopic (exact) mass is 432 g/mol. The first-order chi connectivity index (χ1) is 15.3. The van der Waals surface area contributed by atoms with Crippen molar-refractivity contribution in [2.45, 2.75) is 96.8 Å². The van der Waals surface area contributed by atoms with Gasteiger partial charge in [0.2, 0.25) is 0 Å². The SMILES string of the molecule is CCCCCCCC/C=C\CCCCCCCCOC(=O)c1ccccc1OCCO. The standard InChI is InChI=1S/C27H44O4/c1-2-3-4-5-6-7-8-9-10-11-12-13-14-15-16-19-23-31-27(29)25-20-17-18-21-26(25)30-24-22-28/h9-10,17-18,20-21,28H,2-8,11-16,19,22-24H2,1H3/b10-9-. The molecule has 0 aliphatic heterocycles. The summed E-state index contributed by atoms with van der Waals surface area (Å²) in [6, 6.07) is 6.99. The van der Waals surface area contributed by atoms with Crippen LogP contribution in [0.1, 0.15) is 107 Å². The maximum Gasteiger partial charge on any atom is 0.341 e. The van der Waals surface area contributed by atoms with Crippen LogP contribution in [0.5, 0.6) is 5.75 Å². The summed E-state index contributed by atoms with van der Waals surface area (Å²) in [4.78, 5) is 12.2. The summed E-state index contributed by atoms with van der Waals surface area (Å²) in [5, 5.41) is 8.88. The number of unbranched alkanes of at least 4 members (excludes halogenated alkanes) is 12. The molecular weight excluding hydrogens is 388 g/mol. The summed E-state index contributed by atoms with van der Waals surface area (Å²) in [6.45, 7) is 2.78. The molecule has 0 amide bonds. The largest absolute Gasteiger partial charge is 0.490 e. The third-order valence-corrected chi connectivity index (χ3v) is 5.35. The fourth-order valence-electron chi connectivity index (χ4n) is 3.51. The van der Waals surface area contributed by atoms with E-state index in [2.05, 4.69) is 19.1 Å². The fraction of sp³-hybridized carbons (Fsp3) is 0.667. The third-order valence-electron chi connectivity index (χ3n) is 5.35. The van der Waals surface area contributed by atoms with Crippen molar-refractivity contribution >= 4 is 5.97 Å². The zero-order chi connectivity index (χ0) is 22.4. The van der Waals surface area contributed by atoms with Gasteiger partial charge in [0.25, 0.3) is 0 Å². The first-order valence-corrected chi connectivity index (χ1v) is 12.4. The molecule has 1 aromatic rings. The van der Waals surface area contributed by atoms with Crippen LogP contribution in [0.15, 0.2) is 36.4 Å². The van der Waals surface area contributed by atoms with Gasteiger partial charge in [-0.15, -0.1) is 0 Å². The lowest BCUT2D eigenvalue weighted by Gasteiger charge is -2.10. The quantitative estimate of drug-likeness (QED) is 0.134. The van der Waals surface area contributed by atoms with Gasteiger partial charge < -0.3 is 14.6 Å². The number of esters is 1. The van der Waals surface area contributed by atoms with Gasteiger partial charge in [-0.2, -0.15) is 0 Å². The van der Waals surface area contributed by atoms with Crippen molar-refractivity contribution in [3.8, 4) is 5.75 Å². The molecule has 0 aliphatic carbocycles. The highest BCUT2D eigenvalue weighted by molar-refractivity contribution is 5.92. The van der Waals surface area contributed by atoms with Crippen molar-refractivity contribution < 1.29 is 19.4 Å². The highest BCUT2D eigenvalue weighted by atomic mass is 16.5. The van der Waals surface area contributed by atoms with Gasteiger partial charge in [-0.1, -0.05) is 89.0 Å². The van der Waals surface area contributed by atoms with E-state index < -0.39 is 0 Å². The summed E-state index contributed by atoms with van der Waals surface area (Å²) in [7, 11) is 0. The van der Waals surface area contributed by atoms with Crippen molar-refractivity contribution in [3.05, 3.63) is 42.0 Å². The van der Waals surface area contributed by atoms with Crippen LogP contribution >= 0.6 is 0 Å². The van der Waals surface area contributed by atoms with E-state index in [1.807, 2.05) is 0 Å². The Kier molecular flexibility index (Phi) is 17.7. The number of carbonyl (C=O) groups is 1. The maximum absolute atomic E-state index is 12.2.